The van der Waals surface area contributed by atoms with Crippen molar-refractivity contribution in [3.05, 3.63) is 59.5 Å². The van der Waals surface area contributed by atoms with Crippen LogP contribution in [-0.2, 0) is 16.4 Å². The lowest BCUT2D eigenvalue weighted by atomic mass is 10.1. The van der Waals surface area contributed by atoms with Crippen molar-refractivity contribution in [1.29, 1.82) is 0 Å². The number of aromatic nitrogens is 2. The van der Waals surface area contributed by atoms with E-state index in [0.717, 1.165) is 18.4 Å². The van der Waals surface area contributed by atoms with Crippen molar-refractivity contribution in [2.75, 3.05) is 17.4 Å². The molecule has 0 saturated carbocycles. The number of carbonyl (C=O) groups excluding carboxylic acids is 1. The summed E-state index contributed by atoms with van der Waals surface area (Å²) in [6.45, 7) is 5.03. The number of carbonyl (C=O) groups is 1. The van der Waals surface area contributed by atoms with Crippen LogP contribution in [0.15, 0.2) is 51.9 Å². The van der Waals surface area contributed by atoms with Gasteiger partial charge in [0.15, 0.2) is 0 Å². The summed E-state index contributed by atoms with van der Waals surface area (Å²) in [6.07, 6.45) is 2.59. The van der Waals surface area contributed by atoms with E-state index in [2.05, 4.69) is 10.1 Å². The molecule has 1 amide bonds. The smallest absolute Gasteiger partial charge is 0.316 e. The Morgan fingerprint density at radius 3 is 2.66 bits per heavy atom. The monoisotopic (exact) mass is 452 g/mol. The molecule has 2 aliphatic heterocycles. The van der Waals surface area contributed by atoms with Crippen molar-refractivity contribution >= 4 is 21.6 Å². The third-order valence-corrected chi connectivity index (χ3v) is 8.20. The highest BCUT2D eigenvalue weighted by Gasteiger charge is 2.37. The predicted molar refractivity (Wildman–Crippen MR) is 119 cm³/mol. The second-order valence-electron chi connectivity index (χ2n) is 8.39. The number of hydrogen-bond acceptors (Lipinski definition) is 6. The van der Waals surface area contributed by atoms with Crippen LogP contribution in [0.2, 0.25) is 0 Å². The highest BCUT2D eigenvalue weighted by Crippen LogP contribution is 2.38. The van der Waals surface area contributed by atoms with Crippen LogP contribution in [0.1, 0.15) is 41.6 Å². The molecule has 0 unspecified atom stereocenters. The van der Waals surface area contributed by atoms with Gasteiger partial charge in [-0.1, -0.05) is 35.5 Å². The quantitative estimate of drug-likeness (QED) is 0.602. The lowest BCUT2D eigenvalue weighted by molar-refractivity contribution is 0.0743. The maximum absolute atomic E-state index is 13.7. The number of amides is 1. The summed E-state index contributed by atoms with van der Waals surface area (Å²) in [5, 5.41) is 3.94. The number of fused-ring (bicyclic) bond motifs is 1. The zero-order chi connectivity index (χ0) is 22.5. The fraction of sp³-hybridized carbons (Fsp3) is 0.348. The van der Waals surface area contributed by atoms with Crippen LogP contribution in [0, 0.1) is 6.92 Å². The van der Waals surface area contributed by atoms with Crippen molar-refractivity contribution < 1.29 is 17.7 Å². The SMILES string of the molecule is Cc1ccc(-c2noc(C(=O)N3CCCC3)n2)cc1S(=O)(=O)N1c2ccccc2C[C@H]1C. The number of anilines is 1. The Bertz CT molecular complexity index is 1290. The van der Waals surface area contributed by atoms with Gasteiger partial charge in [-0.25, -0.2) is 8.42 Å². The number of nitrogens with zero attached hydrogens (tertiary/aromatic N) is 4. The molecule has 3 heterocycles. The lowest BCUT2D eigenvalue weighted by Gasteiger charge is -2.25. The number of aryl methyl sites for hydroxylation is 1. The van der Waals surface area contributed by atoms with Gasteiger partial charge in [0.1, 0.15) is 0 Å². The van der Waals surface area contributed by atoms with Crippen LogP contribution in [0.25, 0.3) is 11.4 Å². The Labute approximate surface area is 186 Å². The van der Waals surface area contributed by atoms with Gasteiger partial charge >= 0.3 is 11.8 Å². The Morgan fingerprint density at radius 1 is 1.12 bits per heavy atom. The molecule has 166 valence electrons. The second-order valence-corrected chi connectivity index (χ2v) is 10.2. The molecule has 1 aromatic heterocycles. The average Bonchev–Trinajstić information content (AvgIpc) is 3.52. The van der Waals surface area contributed by atoms with Gasteiger partial charge in [0.05, 0.1) is 10.6 Å². The molecule has 8 nitrogen and oxygen atoms in total. The molecule has 1 atom stereocenters. The van der Waals surface area contributed by atoms with Crippen LogP contribution < -0.4 is 4.31 Å². The minimum atomic E-state index is -3.81. The van der Waals surface area contributed by atoms with Gasteiger partial charge in [-0.2, -0.15) is 4.98 Å². The van der Waals surface area contributed by atoms with Gasteiger partial charge in [-0.15, -0.1) is 0 Å². The average molecular weight is 453 g/mol. The summed E-state index contributed by atoms with van der Waals surface area (Å²) < 4.78 is 34.1. The van der Waals surface area contributed by atoms with Crippen molar-refractivity contribution in [2.24, 2.45) is 0 Å². The number of para-hydroxylation sites is 1. The Morgan fingerprint density at radius 2 is 1.88 bits per heavy atom. The summed E-state index contributed by atoms with van der Waals surface area (Å²) in [4.78, 5) is 18.7. The molecule has 5 rings (SSSR count). The van der Waals surface area contributed by atoms with Crippen LogP contribution in [0.4, 0.5) is 5.69 Å². The minimum Gasteiger partial charge on any atom is -0.334 e. The van der Waals surface area contributed by atoms with Crippen molar-refractivity contribution in [1.82, 2.24) is 15.0 Å². The van der Waals surface area contributed by atoms with E-state index in [1.165, 1.54) is 4.31 Å². The first-order valence-corrected chi connectivity index (χ1v) is 12.2. The molecule has 0 aliphatic carbocycles. The zero-order valence-electron chi connectivity index (χ0n) is 18.0. The fourth-order valence-corrected chi connectivity index (χ4v) is 6.46. The van der Waals surface area contributed by atoms with Crippen LogP contribution >= 0.6 is 0 Å². The van der Waals surface area contributed by atoms with Crippen molar-refractivity contribution in [3.8, 4) is 11.4 Å². The standard InChI is InChI=1S/C23H24N4O4S/c1-15-9-10-18(21-24-22(31-25-21)23(28)26-11-5-6-12-26)14-20(15)32(29,30)27-16(2)13-17-7-3-4-8-19(17)27/h3-4,7-10,14,16H,5-6,11-13H2,1-2H3/t16-/m1/s1. The molecule has 1 saturated heterocycles. The summed E-state index contributed by atoms with van der Waals surface area (Å²) in [7, 11) is -3.81. The molecule has 32 heavy (non-hydrogen) atoms. The van der Waals surface area contributed by atoms with Gasteiger partial charge in [0.2, 0.25) is 5.82 Å². The molecule has 2 aromatic carbocycles. The van der Waals surface area contributed by atoms with E-state index in [9.17, 15) is 13.2 Å². The number of hydrogen-bond donors (Lipinski definition) is 0. The van der Waals surface area contributed by atoms with Crippen LogP contribution in [0.3, 0.4) is 0 Å². The van der Waals surface area contributed by atoms with Crippen LogP contribution in [-0.4, -0.2) is 48.5 Å². The number of sulfonamides is 1. The molecule has 1 fully saturated rings. The van der Waals surface area contributed by atoms with Gasteiger partial charge in [0, 0.05) is 24.7 Å². The van der Waals surface area contributed by atoms with E-state index in [4.69, 9.17) is 4.52 Å². The van der Waals surface area contributed by atoms with E-state index in [-0.39, 0.29) is 28.6 Å². The first kappa shape index (κ1) is 20.7. The molecule has 0 bridgehead atoms. The Hall–Kier alpha value is -3.20. The van der Waals surface area contributed by atoms with Gasteiger partial charge in [-0.3, -0.25) is 9.10 Å². The van der Waals surface area contributed by atoms with E-state index in [1.807, 2.05) is 31.2 Å². The second kappa shape index (κ2) is 7.74. The minimum absolute atomic E-state index is 0.0750. The molecule has 2 aliphatic rings. The van der Waals surface area contributed by atoms with Gasteiger partial charge in [0.25, 0.3) is 10.0 Å². The highest BCUT2D eigenvalue weighted by atomic mass is 32.2. The van der Waals surface area contributed by atoms with Gasteiger partial charge < -0.3 is 9.42 Å². The largest absolute Gasteiger partial charge is 0.334 e. The third kappa shape index (κ3) is 3.37. The Balaban J connectivity index is 1.50. The maximum Gasteiger partial charge on any atom is 0.316 e. The van der Waals surface area contributed by atoms with E-state index < -0.39 is 10.0 Å². The zero-order valence-corrected chi connectivity index (χ0v) is 18.8. The molecule has 3 aromatic rings. The van der Waals surface area contributed by atoms with Crippen molar-refractivity contribution in [2.45, 2.75) is 44.0 Å². The van der Waals surface area contributed by atoms with E-state index in [1.54, 1.807) is 30.0 Å². The molecular formula is C23H24N4O4S. The van der Waals surface area contributed by atoms with Crippen molar-refractivity contribution in [3.63, 3.8) is 0 Å². The first-order chi connectivity index (χ1) is 15.4. The van der Waals surface area contributed by atoms with Gasteiger partial charge in [-0.05, 0) is 56.4 Å². The normalized spacial score (nSPS) is 18.2. The lowest BCUT2D eigenvalue weighted by Crippen LogP contribution is -2.36. The number of rotatable bonds is 4. The molecular weight excluding hydrogens is 428 g/mol. The maximum atomic E-state index is 13.7. The molecule has 0 N–H and O–H groups in total. The summed E-state index contributed by atoms with van der Waals surface area (Å²) in [6, 6.07) is 12.4. The summed E-state index contributed by atoms with van der Waals surface area (Å²) in [5.41, 5.74) is 2.84. The molecule has 0 spiro atoms. The summed E-state index contributed by atoms with van der Waals surface area (Å²) in [5.74, 6) is -0.170. The molecule has 9 heteroatoms. The molecule has 0 radical (unpaired) electrons. The summed E-state index contributed by atoms with van der Waals surface area (Å²) >= 11 is 0. The number of likely N-dealkylation sites (tertiary alicyclic amines) is 1. The van der Waals surface area contributed by atoms with E-state index in [0.29, 0.717) is 36.3 Å². The Kier molecular flexibility index (Phi) is 5.00. The highest BCUT2D eigenvalue weighted by molar-refractivity contribution is 7.93. The number of benzene rings is 2. The first-order valence-electron chi connectivity index (χ1n) is 10.7. The third-order valence-electron chi connectivity index (χ3n) is 6.13. The topological polar surface area (TPSA) is 96.6 Å². The fourth-order valence-electron chi connectivity index (χ4n) is 4.51. The van der Waals surface area contributed by atoms with E-state index >= 15 is 0 Å². The predicted octanol–water partition coefficient (Wildman–Crippen LogP) is 3.42. The van der Waals surface area contributed by atoms with Crippen LogP contribution in [0.5, 0.6) is 0 Å².